The van der Waals surface area contributed by atoms with Crippen LogP contribution in [0.1, 0.15) is 16.8 Å². The number of thiazole rings is 1. The van der Waals surface area contributed by atoms with Crippen LogP contribution in [0, 0.1) is 18.3 Å². The highest BCUT2D eigenvalue weighted by atomic mass is 32.2. The zero-order chi connectivity index (χ0) is 22.6. The Balaban J connectivity index is 1.91. The molecule has 5 nitrogen and oxygen atoms in total. The average molecular weight is 471 g/mol. The van der Waals surface area contributed by atoms with Crippen LogP contribution in [0.3, 0.4) is 0 Å². The molecule has 3 unspecified atom stereocenters. The number of dihydropyridines is 1. The number of thioether (sulfide) groups is 1. The van der Waals surface area contributed by atoms with Gasteiger partial charge in [0, 0.05) is 28.5 Å². The van der Waals surface area contributed by atoms with E-state index in [1.54, 1.807) is 12.2 Å². The highest BCUT2D eigenvalue weighted by Crippen LogP contribution is 2.40. The summed E-state index contributed by atoms with van der Waals surface area (Å²) < 4.78 is 41.2. The Morgan fingerprint density at radius 1 is 1.35 bits per heavy atom. The molecule has 10 heteroatoms. The second kappa shape index (κ2) is 9.54. The maximum absolute atomic E-state index is 13.5. The number of aliphatic hydroxyl groups is 1. The number of nitrogens with zero attached hydrogens (tertiary/aromatic N) is 2. The Morgan fingerprint density at radius 3 is 2.68 bits per heavy atom. The van der Waals surface area contributed by atoms with Crippen LogP contribution in [0.2, 0.25) is 0 Å². The maximum atomic E-state index is 13.5. The zero-order valence-corrected chi connectivity index (χ0v) is 18.2. The lowest BCUT2D eigenvalue weighted by Crippen LogP contribution is -2.47. The molecule has 0 radical (unpaired) electrons. The van der Waals surface area contributed by atoms with E-state index in [9.17, 15) is 28.2 Å². The van der Waals surface area contributed by atoms with Crippen LogP contribution in [0.15, 0.2) is 51.1 Å². The second-order valence-electron chi connectivity index (χ2n) is 7.37. The number of carbonyl (C=O) groups is 1. The standard InChI is InChI=1S/C21H21F3N2O3S2/c1-13-10-30-19(26-13)31-11-15(18(28)29)17(27)20(7-4-8-25-12-20)9-14-5-2-3-6-16(14)21(22,23)24/h2-8,10,15,17,27H,9,11-12H2,1H3,(H,28,29). The molecule has 166 valence electrons. The molecule has 31 heavy (non-hydrogen) atoms. The number of aryl methyl sites for hydroxylation is 1. The number of aliphatic carboxylic acids is 1. The van der Waals surface area contributed by atoms with E-state index in [0.717, 1.165) is 11.8 Å². The van der Waals surface area contributed by atoms with Gasteiger partial charge in [-0.1, -0.05) is 36.0 Å². The molecule has 0 saturated heterocycles. The molecule has 1 aliphatic rings. The summed E-state index contributed by atoms with van der Waals surface area (Å²) in [4.78, 5) is 20.4. The summed E-state index contributed by atoms with van der Waals surface area (Å²) in [5.74, 6) is -2.41. The molecule has 3 atom stereocenters. The summed E-state index contributed by atoms with van der Waals surface area (Å²) in [6.07, 6.45) is -1.60. The van der Waals surface area contributed by atoms with Crippen molar-refractivity contribution >= 4 is 35.3 Å². The zero-order valence-electron chi connectivity index (χ0n) is 16.5. The van der Waals surface area contributed by atoms with E-state index in [-0.39, 0.29) is 24.3 Å². The molecule has 0 spiro atoms. The third-order valence-electron chi connectivity index (χ3n) is 5.12. The fourth-order valence-corrected chi connectivity index (χ4v) is 5.54. The molecule has 2 N–H and O–H groups in total. The minimum absolute atomic E-state index is 0.0110. The van der Waals surface area contributed by atoms with E-state index < -0.39 is 35.1 Å². The fraction of sp³-hybridized carbons (Fsp3) is 0.381. The van der Waals surface area contributed by atoms with Gasteiger partial charge in [-0.05, 0) is 31.1 Å². The van der Waals surface area contributed by atoms with Crippen LogP contribution < -0.4 is 0 Å². The van der Waals surface area contributed by atoms with Crippen molar-refractivity contribution in [2.24, 2.45) is 16.3 Å². The number of hydrogen-bond donors (Lipinski definition) is 2. The minimum atomic E-state index is -4.56. The Hall–Kier alpha value is -2.17. The largest absolute Gasteiger partial charge is 0.481 e. The van der Waals surface area contributed by atoms with E-state index in [4.69, 9.17) is 0 Å². The summed E-state index contributed by atoms with van der Waals surface area (Å²) in [6, 6.07) is 5.14. The van der Waals surface area contributed by atoms with Gasteiger partial charge in [0.1, 0.15) is 4.34 Å². The molecule has 0 saturated carbocycles. The number of rotatable bonds is 8. The van der Waals surface area contributed by atoms with Crippen molar-refractivity contribution in [1.29, 1.82) is 0 Å². The van der Waals surface area contributed by atoms with E-state index >= 15 is 0 Å². The van der Waals surface area contributed by atoms with Crippen LogP contribution in [0.25, 0.3) is 0 Å². The number of allylic oxidation sites excluding steroid dienone is 1. The number of aliphatic hydroxyl groups excluding tert-OH is 1. The van der Waals surface area contributed by atoms with Crippen molar-refractivity contribution in [3.05, 3.63) is 58.6 Å². The summed E-state index contributed by atoms with van der Waals surface area (Å²) in [6.45, 7) is 1.81. The number of aromatic nitrogens is 1. The van der Waals surface area contributed by atoms with Gasteiger partial charge in [0.25, 0.3) is 0 Å². The molecule has 0 fully saturated rings. The predicted molar refractivity (Wildman–Crippen MR) is 115 cm³/mol. The van der Waals surface area contributed by atoms with Gasteiger partial charge < -0.3 is 10.2 Å². The van der Waals surface area contributed by atoms with Crippen molar-refractivity contribution in [2.75, 3.05) is 12.3 Å². The number of alkyl halides is 3. The van der Waals surface area contributed by atoms with E-state index in [1.165, 1.54) is 47.5 Å². The fourth-order valence-electron chi connectivity index (χ4n) is 3.55. The topological polar surface area (TPSA) is 82.8 Å². The van der Waals surface area contributed by atoms with Crippen LogP contribution in [0.4, 0.5) is 13.2 Å². The maximum Gasteiger partial charge on any atom is 0.416 e. The van der Waals surface area contributed by atoms with Crippen LogP contribution in [-0.4, -0.2) is 45.8 Å². The number of hydrogen-bond acceptors (Lipinski definition) is 6. The Labute approximate surface area is 185 Å². The highest BCUT2D eigenvalue weighted by Gasteiger charge is 2.45. The first-order chi connectivity index (χ1) is 14.6. The molecule has 1 aliphatic heterocycles. The molecule has 0 aliphatic carbocycles. The van der Waals surface area contributed by atoms with Gasteiger partial charge in [-0.2, -0.15) is 13.2 Å². The van der Waals surface area contributed by atoms with Crippen molar-refractivity contribution in [3.63, 3.8) is 0 Å². The second-order valence-corrected chi connectivity index (χ2v) is 9.49. The molecule has 2 heterocycles. The van der Waals surface area contributed by atoms with Crippen molar-refractivity contribution in [1.82, 2.24) is 4.98 Å². The first-order valence-corrected chi connectivity index (χ1v) is 11.3. The minimum Gasteiger partial charge on any atom is -0.481 e. The van der Waals surface area contributed by atoms with Crippen LogP contribution >= 0.6 is 23.1 Å². The van der Waals surface area contributed by atoms with Crippen molar-refractivity contribution in [2.45, 2.75) is 30.0 Å². The van der Waals surface area contributed by atoms with Gasteiger partial charge in [0.15, 0.2) is 0 Å². The highest BCUT2D eigenvalue weighted by molar-refractivity contribution is 8.01. The SMILES string of the molecule is Cc1csc(SCC(C(=O)O)C(O)C2(Cc3ccccc3C(F)(F)F)C=CC=NC2)n1. The molecule has 1 aromatic carbocycles. The first kappa shape index (κ1) is 23.5. The van der Waals surface area contributed by atoms with Gasteiger partial charge in [-0.3, -0.25) is 9.79 Å². The predicted octanol–water partition coefficient (Wildman–Crippen LogP) is 4.49. The van der Waals surface area contributed by atoms with Gasteiger partial charge in [-0.15, -0.1) is 11.3 Å². The molecule has 3 rings (SSSR count). The number of aliphatic imine (C=N–C) groups is 1. The summed E-state index contributed by atoms with van der Waals surface area (Å²) in [5.41, 5.74) is -1.28. The van der Waals surface area contributed by atoms with E-state index in [0.29, 0.717) is 4.34 Å². The lowest BCUT2D eigenvalue weighted by Gasteiger charge is -2.38. The lowest BCUT2D eigenvalue weighted by molar-refractivity contribution is -0.147. The molecular formula is C21H21F3N2O3S2. The van der Waals surface area contributed by atoms with E-state index in [1.807, 2.05) is 12.3 Å². The smallest absolute Gasteiger partial charge is 0.416 e. The lowest BCUT2D eigenvalue weighted by atomic mass is 9.71. The van der Waals surface area contributed by atoms with Crippen molar-refractivity contribution in [3.8, 4) is 0 Å². The van der Waals surface area contributed by atoms with Gasteiger partial charge in [0.05, 0.1) is 24.1 Å². The molecular weight excluding hydrogens is 449 g/mol. The Bertz CT molecular complexity index is 990. The molecule has 1 aromatic heterocycles. The third-order valence-corrected chi connectivity index (χ3v) is 7.38. The quantitative estimate of drug-likeness (QED) is 0.556. The average Bonchev–Trinajstić information content (AvgIpc) is 3.13. The van der Waals surface area contributed by atoms with Gasteiger partial charge >= 0.3 is 12.1 Å². The Morgan fingerprint density at radius 2 is 2.10 bits per heavy atom. The number of carboxylic acids is 1. The molecule has 2 aromatic rings. The summed E-state index contributed by atoms with van der Waals surface area (Å²) in [5, 5.41) is 22.8. The molecule has 0 amide bonds. The van der Waals surface area contributed by atoms with Crippen LogP contribution in [-0.2, 0) is 17.4 Å². The Kier molecular flexibility index (Phi) is 7.23. The summed E-state index contributed by atoms with van der Waals surface area (Å²) in [7, 11) is 0. The van der Waals surface area contributed by atoms with Crippen molar-refractivity contribution < 1.29 is 28.2 Å². The van der Waals surface area contributed by atoms with Gasteiger partial charge in [-0.25, -0.2) is 4.98 Å². The first-order valence-electron chi connectivity index (χ1n) is 9.41. The van der Waals surface area contributed by atoms with Gasteiger partial charge in [0.2, 0.25) is 0 Å². The van der Waals surface area contributed by atoms with Crippen LogP contribution in [0.5, 0.6) is 0 Å². The summed E-state index contributed by atoms with van der Waals surface area (Å²) >= 11 is 2.58. The monoisotopic (exact) mass is 470 g/mol. The third kappa shape index (κ3) is 5.55. The number of benzene rings is 1. The number of halogens is 3. The normalized spacial score (nSPS) is 20.5. The molecule has 0 bridgehead atoms. The number of carboxylic acid groups (broad SMARTS) is 1. The van der Waals surface area contributed by atoms with E-state index in [2.05, 4.69) is 9.98 Å².